The number of amides is 1. The minimum atomic E-state index is -1.31. The molecule has 1 aliphatic heterocycles. The molecule has 3 N–H and O–H groups in total. The molecule has 3 aromatic rings. The molecule has 0 bridgehead atoms. The summed E-state index contributed by atoms with van der Waals surface area (Å²) in [6.07, 6.45) is 3.21. The number of H-pyrrole nitrogens is 1. The van der Waals surface area contributed by atoms with E-state index in [0.717, 1.165) is 37.0 Å². The Morgan fingerprint density at radius 1 is 1.10 bits per heavy atom. The topological polar surface area (TPSA) is 68.4 Å². The standard InChI is InChI=1S/C24H29N3O2/c28-23-24(29,18-25-17-21-16-20-11-4-5-12-22(20)26-21)13-7-15-27(23)14-6-10-19-8-2-1-3-9-19/h1-5,8-9,11-12,16,25-26,29H,6-7,10,13-15,17-18H2. The maximum atomic E-state index is 12.9. The number of benzene rings is 2. The molecule has 1 atom stereocenters. The molecule has 0 aliphatic carbocycles. The SMILES string of the molecule is O=C1N(CCCc2ccccc2)CCCC1(O)CNCc1cc2ccccc2[nH]1. The third-order valence-corrected chi connectivity index (χ3v) is 5.76. The predicted octanol–water partition coefficient (Wildman–Crippen LogP) is 3.24. The largest absolute Gasteiger partial charge is 0.379 e. The van der Waals surface area contributed by atoms with Gasteiger partial charge in [0.15, 0.2) is 5.60 Å². The van der Waals surface area contributed by atoms with Crippen LogP contribution in [0.2, 0.25) is 0 Å². The van der Waals surface area contributed by atoms with Gasteiger partial charge in [-0.05, 0) is 48.8 Å². The number of carbonyl (C=O) groups is 1. The zero-order valence-corrected chi connectivity index (χ0v) is 16.7. The Hall–Kier alpha value is -2.63. The van der Waals surface area contributed by atoms with E-state index in [4.69, 9.17) is 0 Å². The third-order valence-electron chi connectivity index (χ3n) is 5.76. The van der Waals surface area contributed by atoms with Crippen LogP contribution in [0.4, 0.5) is 0 Å². The summed E-state index contributed by atoms with van der Waals surface area (Å²) in [6.45, 7) is 2.30. The second kappa shape index (κ2) is 8.80. The van der Waals surface area contributed by atoms with Crippen LogP contribution >= 0.6 is 0 Å². The van der Waals surface area contributed by atoms with E-state index in [-0.39, 0.29) is 12.5 Å². The van der Waals surface area contributed by atoms with Crippen LogP contribution in [0.15, 0.2) is 60.7 Å². The lowest BCUT2D eigenvalue weighted by Crippen LogP contribution is -2.58. The summed E-state index contributed by atoms with van der Waals surface area (Å²) in [5.74, 6) is -0.138. The first kappa shape index (κ1) is 19.7. The van der Waals surface area contributed by atoms with Crippen LogP contribution in [-0.2, 0) is 17.8 Å². The van der Waals surface area contributed by atoms with Gasteiger partial charge in [0.25, 0.3) is 5.91 Å². The number of hydrogen-bond acceptors (Lipinski definition) is 3. The number of aliphatic hydroxyl groups is 1. The smallest absolute Gasteiger partial charge is 0.255 e. The molecule has 2 aromatic carbocycles. The lowest BCUT2D eigenvalue weighted by molar-refractivity contribution is -0.156. The molecule has 4 rings (SSSR count). The van der Waals surface area contributed by atoms with Crippen molar-refractivity contribution in [1.82, 2.24) is 15.2 Å². The van der Waals surface area contributed by atoms with Gasteiger partial charge in [-0.15, -0.1) is 0 Å². The Bertz CT molecular complexity index is 920. The van der Waals surface area contributed by atoms with Crippen molar-refractivity contribution in [3.05, 3.63) is 71.9 Å². The zero-order valence-electron chi connectivity index (χ0n) is 16.7. The number of aryl methyl sites for hydroxylation is 1. The average Bonchev–Trinajstić information content (AvgIpc) is 3.15. The molecule has 1 aliphatic rings. The molecule has 1 aromatic heterocycles. The van der Waals surface area contributed by atoms with E-state index in [1.54, 1.807) is 0 Å². The number of hydrogen-bond donors (Lipinski definition) is 3. The lowest BCUT2D eigenvalue weighted by Gasteiger charge is -2.38. The Labute approximate surface area is 171 Å². The molecule has 0 radical (unpaired) electrons. The van der Waals surface area contributed by atoms with E-state index in [1.807, 2.05) is 41.3 Å². The zero-order chi connectivity index (χ0) is 20.1. The van der Waals surface area contributed by atoms with Crippen molar-refractivity contribution < 1.29 is 9.90 Å². The van der Waals surface area contributed by atoms with Crippen molar-refractivity contribution in [2.45, 2.75) is 37.8 Å². The second-order valence-electron chi connectivity index (χ2n) is 8.00. The monoisotopic (exact) mass is 391 g/mol. The van der Waals surface area contributed by atoms with Gasteiger partial charge in [0.05, 0.1) is 0 Å². The third kappa shape index (κ3) is 4.69. The van der Waals surface area contributed by atoms with Crippen LogP contribution in [-0.4, -0.2) is 46.1 Å². The normalized spacial score (nSPS) is 19.8. The number of likely N-dealkylation sites (tertiary alicyclic amines) is 1. The maximum absolute atomic E-state index is 12.9. The minimum Gasteiger partial charge on any atom is -0.379 e. The Balaban J connectivity index is 1.28. The molecule has 29 heavy (non-hydrogen) atoms. The highest BCUT2D eigenvalue weighted by molar-refractivity contribution is 5.86. The fourth-order valence-electron chi connectivity index (χ4n) is 4.19. The summed E-state index contributed by atoms with van der Waals surface area (Å²) in [5, 5.41) is 15.4. The van der Waals surface area contributed by atoms with Gasteiger partial charge in [-0.3, -0.25) is 4.79 Å². The molecule has 1 saturated heterocycles. The highest BCUT2D eigenvalue weighted by Gasteiger charge is 2.41. The Kier molecular flexibility index (Phi) is 5.97. The molecule has 1 amide bonds. The molecule has 1 fully saturated rings. The van der Waals surface area contributed by atoms with E-state index in [0.29, 0.717) is 19.5 Å². The number of carbonyl (C=O) groups excluding carboxylic acids is 1. The molecular weight excluding hydrogens is 362 g/mol. The first-order valence-electron chi connectivity index (χ1n) is 10.5. The van der Waals surface area contributed by atoms with E-state index < -0.39 is 5.60 Å². The van der Waals surface area contributed by atoms with E-state index in [9.17, 15) is 9.90 Å². The van der Waals surface area contributed by atoms with Gasteiger partial charge < -0.3 is 20.3 Å². The van der Waals surface area contributed by atoms with Crippen LogP contribution < -0.4 is 5.32 Å². The predicted molar refractivity (Wildman–Crippen MR) is 116 cm³/mol. The first-order valence-corrected chi connectivity index (χ1v) is 10.5. The summed E-state index contributed by atoms with van der Waals surface area (Å²) < 4.78 is 0. The summed E-state index contributed by atoms with van der Waals surface area (Å²) >= 11 is 0. The number of nitrogens with one attached hydrogen (secondary N) is 2. The van der Waals surface area contributed by atoms with Crippen LogP contribution in [0, 0.1) is 0 Å². The minimum absolute atomic E-state index is 0.138. The Morgan fingerprint density at radius 3 is 2.72 bits per heavy atom. The summed E-state index contributed by atoms with van der Waals surface area (Å²) in [5.41, 5.74) is 2.13. The summed E-state index contributed by atoms with van der Waals surface area (Å²) in [6, 6.07) is 20.6. The van der Waals surface area contributed by atoms with Crippen molar-refractivity contribution in [2.24, 2.45) is 0 Å². The number of fused-ring (bicyclic) bond motifs is 1. The van der Waals surface area contributed by atoms with Crippen molar-refractivity contribution in [2.75, 3.05) is 19.6 Å². The molecule has 0 saturated carbocycles. The number of nitrogens with zero attached hydrogens (tertiary/aromatic N) is 1. The first-order chi connectivity index (χ1) is 14.1. The highest BCUT2D eigenvalue weighted by Crippen LogP contribution is 2.23. The second-order valence-corrected chi connectivity index (χ2v) is 8.00. The van der Waals surface area contributed by atoms with Gasteiger partial charge in [-0.1, -0.05) is 48.5 Å². The van der Waals surface area contributed by atoms with Gasteiger partial charge in [0.1, 0.15) is 0 Å². The van der Waals surface area contributed by atoms with Gasteiger partial charge >= 0.3 is 0 Å². The number of para-hydroxylation sites is 1. The fraction of sp³-hybridized carbons (Fsp3) is 0.375. The van der Waals surface area contributed by atoms with Crippen molar-refractivity contribution in [3.63, 3.8) is 0 Å². The number of rotatable bonds is 8. The lowest BCUT2D eigenvalue weighted by atomic mass is 9.91. The fourth-order valence-corrected chi connectivity index (χ4v) is 4.19. The Morgan fingerprint density at radius 2 is 1.90 bits per heavy atom. The molecular formula is C24H29N3O2. The summed E-state index contributed by atoms with van der Waals surface area (Å²) in [4.78, 5) is 18.1. The molecule has 0 spiro atoms. The quantitative estimate of drug-likeness (QED) is 0.552. The van der Waals surface area contributed by atoms with E-state index in [2.05, 4.69) is 34.6 Å². The van der Waals surface area contributed by atoms with Crippen LogP contribution in [0.25, 0.3) is 10.9 Å². The van der Waals surface area contributed by atoms with Crippen molar-refractivity contribution >= 4 is 16.8 Å². The molecule has 5 heteroatoms. The van der Waals surface area contributed by atoms with Gasteiger partial charge in [-0.25, -0.2) is 0 Å². The molecule has 1 unspecified atom stereocenters. The molecule has 152 valence electrons. The van der Waals surface area contributed by atoms with E-state index >= 15 is 0 Å². The van der Waals surface area contributed by atoms with Crippen molar-refractivity contribution in [3.8, 4) is 0 Å². The average molecular weight is 392 g/mol. The van der Waals surface area contributed by atoms with Gasteiger partial charge in [0.2, 0.25) is 0 Å². The number of aromatic nitrogens is 1. The van der Waals surface area contributed by atoms with E-state index in [1.165, 1.54) is 10.9 Å². The van der Waals surface area contributed by atoms with Gasteiger partial charge in [-0.2, -0.15) is 0 Å². The van der Waals surface area contributed by atoms with Crippen LogP contribution in [0.3, 0.4) is 0 Å². The highest BCUT2D eigenvalue weighted by atomic mass is 16.3. The van der Waals surface area contributed by atoms with Gasteiger partial charge in [0, 0.05) is 37.4 Å². The molecule has 5 nitrogen and oxygen atoms in total. The number of aromatic amines is 1. The molecule has 2 heterocycles. The van der Waals surface area contributed by atoms with Crippen molar-refractivity contribution in [1.29, 1.82) is 0 Å². The number of piperidine rings is 1. The van der Waals surface area contributed by atoms with Crippen LogP contribution in [0.1, 0.15) is 30.5 Å². The maximum Gasteiger partial charge on any atom is 0.255 e. The summed E-state index contributed by atoms with van der Waals surface area (Å²) in [7, 11) is 0. The van der Waals surface area contributed by atoms with Crippen LogP contribution in [0.5, 0.6) is 0 Å².